The Kier molecular flexibility index (Phi) is 6.45. The van der Waals surface area contributed by atoms with Gasteiger partial charge in [0.25, 0.3) is 5.91 Å². The summed E-state index contributed by atoms with van der Waals surface area (Å²) in [6.45, 7) is 0.203. The summed E-state index contributed by atoms with van der Waals surface area (Å²) < 4.78 is 74.1. The van der Waals surface area contributed by atoms with Crippen LogP contribution in [0.15, 0.2) is 41.3 Å². The van der Waals surface area contributed by atoms with Gasteiger partial charge in [0.15, 0.2) is 0 Å². The maximum absolute atomic E-state index is 14.1. The van der Waals surface area contributed by atoms with Gasteiger partial charge in [-0.25, -0.2) is 14.8 Å². The zero-order valence-electron chi connectivity index (χ0n) is 28.0. The van der Waals surface area contributed by atoms with Crippen molar-refractivity contribution in [2.75, 3.05) is 31.6 Å². The molecule has 7 rings (SSSR count). The Bertz CT molecular complexity index is 2040. The van der Waals surface area contributed by atoms with Gasteiger partial charge in [0.1, 0.15) is 11.6 Å². The Morgan fingerprint density at radius 3 is 2.61 bits per heavy atom. The molecule has 11 nitrogen and oxygen atoms in total. The molecule has 1 aliphatic heterocycles. The number of benzene rings is 1. The molecule has 1 saturated heterocycles. The number of carbonyl (C=O) groups excluding carboxylic acids is 2. The molecule has 3 aliphatic rings. The predicted octanol–water partition coefficient (Wildman–Crippen LogP) is 4.53. The van der Waals surface area contributed by atoms with E-state index in [0.29, 0.717) is 37.0 Å². The highest BCUT2D eigenvalue weighted by Crippen LogP contribution is 2.40. The number of aryl methyl sites for hydroxylation is 1. The molecule has 2 aliphatic carbocycles. The Morgan fingerprint density at radius 1 is 1.11 bits per heavy atom. The Morgan fingerprint density at radius 2 is 1.89 bits per heavy atom. The van der Waals surface area contributed by atoms with Crippen LogP contribution in [0.25, 0.3) is 21.9 Å². The standard InChI is InChI=1S/C32H34F3N7O4/c1-31(39-28(43)18-6-7-18)9-8-19(16-31)42-23-15-25(36-17-24(23)40(2)30(42)45)37-26-14-21(29(44)41-10-12-46-13-11-41)20-4-3-5-22(27(20)38-26)32(33,34)35/h3-5,14-15,17-19H,6-13,16H2,1-2H3,(H,39,43)(H,36,37,38)/t19-,31-/m1/s1/i2D3. The molecule has 1 aromatic carbocycles. The molecule has 2 amide bonds. The third kappa shape index (κ3) is 5.48. The maximum Gasteiger partial charge on any atom is 0.418 e. The maximum atomic E-state index is 14.1. The molecule has 0 radical (unpaired) electrons. The number of para-hydroxylation sites is 1. The van der Waals surface area contributed by atoms with Crippen molar-refractivity contribution in [3.8, 4) is 0 Å². The van der Waals surface area contributed by atoms with Crippen LogP contribution >= 0.6 is 0 Å². The second kappa shape index (κ2) is 11.1. The lowest BCUT2D eigenvalue weighted by Crippen LogP contribution is -2.45. The van der Waals surface area contributed by atoms with Crippen LogP contribution in [-0.2, 0) is 22.7 Å². The number of ether oxygens (including phenoxy) is 1. The molecule has 4 heterocycles. The number of rotatable bonds is 6. The fourth-order valence-corrected chi connectivity index (χ4v) is 6.61. The minimum atomic E-state index is -4.76. The first-order valence-electron chi connectivity index (χ1n) is 16.7. The first kappa shape index (κ1) is 26.7. The number of hydrogen-bond acceptors (Lipinski definition) is 7. The summed E-state index contributed by atoms with van der Waals surface area (Å²) in [7, 11) is 0. The Balaban J connectivity index is 1.30. The van der Waals surface area contributed by atoms with Crippen LogP contribution in [0, 0.1) is 5.92 Å². The molecule has 0 bridgehead atoms. The molecule has 2 saturated carbocycles. The molecular formula is C32H34F3N7O4. The Hall–Kier alpha value is -4.46. The summed E-state index contributed by atoms with van der Waals surface area (Å²) in [6.07, 6.45) is -0.418. The number of nitrogens with zero attached hydrogens (tertiary/aromatic N) is 5. The molecule has 46 heavy (non-hydrogen) atoms. The van der Waals surface area contributed by atoms with Gasteiger partial charge in [-0.3, -0.25) is 18.7 Å². The van der Waals surface area contributed by atoms with Crippen molar-refractivity contribution in [2.45, 2.75) is 56.8 Å². The lowest BCUT2D eigenvalue weighted by Gasteiger charge is -2.27. The van der Waals surface area contributed by atoms with E-state index in [1.807, 2.05) is 6.92 Å². The van der Waals surface area contributed by atoms with Gasteiger partial charge < -0.3 is 20.3 Å². The molecule has 2 atom stereocenters. The first-order chi connectivity index (χ1) is 23.1. The molecule has 14 heteroatoms. The van der Waals surface area contributed by atoms with Gasteiger partial charge in [-0.1, -0.05) is 12.1 Å². The number of carbonyl (C=O) groups is 2. The van der Waals surface area contributed by atoms with Gasteiger partial charge >= 0.3 is 11.9 Å². The molecular weight excluding hydrogens is 603 g/mol. The van der Waals surface area contributed by atoms with E-state index in [-0.39, 0.29) is 58.5 Å². The van der Waals surface area contributed by atoms with E-state index in [1.54, 1.807) is 0 Å². The van der Waals surface area contributed by atoms with Crippen molar-refractivity contribution in [3.05, 3.63) is 58.1 Å². The van der Waals surface area contributed by atoms with E-state index in [1.165, 1.54) is 39.9 Å². The minimum absolute atomic E-state index is 0.00335. The van der Waals surface area contributed by atoms with E-state index >= 15 is 0 Å². The molecule has 3 aromatic heterocycles. The summed E-state index contributed by atoms with van der Waals surface area (Å²) in [5.41, 5.74) is -2.53. The van der Waals surface area contributed by atoms with Gasteiger partial charge in [-0.05, 0) is 51.2 Å². The van der Waals surface area contributed by atoms with E-state index in [0.717, 1.165) is 18.9 Å². The lowest BCUT2D eigenvalue weighted by molar-refractivity contribution is -0.136. The van der Waals surface area contributed by atoms with E-state index < -0.39 is 47.4 Å². The number of halogens is 3. The van der Waals surface area contributed by atoms with Crippen molar-refractivity contribution < 1.29 is 31.6 Å². The smallest absolute Gasteiger partial charge is 0.378 e. The van der Waals surface area contributed by atoms with Gasteiger partial charge in [0.2, 0.25) is 5.91 Å². The number of pyridine rings is 2. The van der Waals surface area contributed by atoms with Crippen LogP contribution in [0.1, 0.15) is 65.1 Å². The third-order valence-corrected chi connectivity index (χ3v) is 9.14. The fourth-order valence-electron chi connectivity index (χ4n) is 6.61. The molecule has 242 valence electrons. The molecule has 0 spiro atoms. The zero-order valence-corrected chi connectivity index (χ0v) is 25.0. The SMILES string of the molecule is [2H]C([2H])([2H])n1c(=O)n([C@@H]2CC[C@@](C)(NC(=O)C3CC3)C2)c2cc(Nc3cc(C(=O)N4CCOCC4)c4cccc(C(F)(F)F)c4n3)ncc21. The first-order valence-corrected chi connectivity index (χ1v) is 15.2. The average molecular weight is 641 g/mol. The minimum Gasteiger partial charge on any atom is -0.378 e. The van der Waals surface area contributed by atoms with Crippen molar-refractivity contribution in [3.63, 3.8) is 0 Å². The highest BCUT2D eigenvalue weighted by molar-refractivity contribution is 6.08. The molecule has 3 fully saturated rings. The topological polar surface area (TPSA) is 123 Å². The second-order valence-electron chi connectivity index (χ2n) is 12.6. The van der Waals surface area contributed by atoms with Crippen molar-refractivity contribution in [1.29, 1.82) is 0 Å². The molecule has 0 unspecified atom stereocenters. The summed E-state index contributed by atoms with van der Waals surface area (Å²) in [5, 5.41) is 6.04. The number of anilines is 2. The number of morpholine rings is 1. The zero-order chi connectivity index (χ0) is 34.9. The number of hydrogen-bond donors (Lipinski definition) is 2. The summed E-state index contributed by atoms with van der Waals surface area (Å²) in [6, 6.07) is 5.89. The number of imidazole rings is 1. The number of amides is 2. The number of alkyl halides is 3. The van der Waals surface area contributed by atoms with Crippen molar-refractivity contribution >= 4 is 45.4 Å². The van der Waals surface area contributed by atoms with E-state index in [4.69, 9.17) is 8.85 Å². The van der Waals surface area contributed by atoms with Gasteiger partial charge in [-0.15, -0.1) is 0 Å². The summed E-state index contributed by atoms with van der Waals surface area (Å²) >= 11 is 0. The Labute approximate surface area is 265 Å². The highest BCUT2D eigenvalue weighted by Gasteiger charge is 2.41. The summed E-state index contributed by atoms with van der Waals surface area (Å²) in [5.74, 6) is -0.556. The van der Waals surface area contributed by atoms with Crippen LogP contribution in [0.4, 0.5) is 24.8 Å². The monoisotopic (exact) mass is 640 g/mol. The summed E-state index contributed by atoms with van der Waals surface area (Å²) in [4.78, 5) is 50.0. The fraction of sp³-hybridized carbons (Fsp3) is 0.469. The van der Waals surface area contributed by atoms with Crippen LogP contribution < -0.4 is 16.3 Å². The molecule has 2 N–H and O–H groups in total. The number of nitrogens with one attached hydrogen (secondary N) is 2. The molecule has 4 aromatic rings. The predicted molar refractivity (Wildman–Crippen MR) is 164 cm³/mol. The average Bonchev–Trinajstić information content (AvgIpc) is 3.77. The van der Waals surface area contributed by atoms with Crippen LogP contribution in [0.2, 0.25) is 0 Å². The van der Waals surface area contributed by atoms with Crippen molar-refractivity contribution in [2.24, 2.45) is 12.9 Å². The number of fused-ring (bicyclic) bond motifs is 2. The van der Waals surface area contributed by atoms with Crippen LogP contribution in [0.3, 0.4) is 0 Å². The van der Waals surface area contributed by atoms with Crippen LogP contribution in [-0.4, -0.2) is 67.7 Å². The lowest BCUT2D eigenvalue weighted by atomic mass is 10.00. The van der Waals surface area contributed by atoms with Gasteiger partial charge in [-0.2, -0.15) is 13.2 Å². The van der Waals surface area contributed by atoms with E-state index in [2.05, 4.69) is 20.6 Å². The second-order valence-corrected chi connectivity index (χ2v) is 12.6. The normalized spacial score (nSPS) is 23.3. The third-order valence-electron chi connectivity index (χ3n) is 9.14. The van der Waals surface area contributed by atoms with Crippen molar-refractivity contribution in [1.82, 2.24) is 29.3 Å². The van der Waals surface area contributed by atoms with E-state index in [9.17, 15) is 27.6 Å². The quantitative estimate of drug-likeness (QED) is 0.318. The largest absolute Gasteiger partial charge is 0.418 e. The highest BCUT2D eigenvalue weighted by atomic mass is 19.4. The van der Waals surface area contributed by atoms with Crippen LogP contribution in [0.5, 0.6) is 0 Å². The van der Waals surface area contributed by atoms with Gasteiger partial charge in [0.05, 0.1) is 47.1 Å². The number of aromatic nitrogens is 4. The van der Waals surface area contributed by atoms with Gasteiger partial charge in [0, 0.05) is 53.1 Å².